The molecule has 112 valence electrons. The van der Waals surface area contributed by atoms with Crippen molar-refractivity contribution >= 4 is 0 Å². The Morgan fingerprint density at radius 2 is 1.38 bits per heavy atom. The number of hydrogen-bond acceptors (Lipinski definition) is 2. The fourth-order valence-electron chi connectivity index (χ4n) is 2.49. The highest BCUT2D eigenvalue weighted by Crippen LogP contribution is 2.09. The van der Waals surface area contributed by atoms with Gasteiger partial charge in [0.2, 0.25) is 0 Å². The van der Waals surface area contributed by atoms with Crippen LogP contribution in [0.15, 0.2) is 60.7 Å². The predicted octanol–water partition coefficient (Wildman–Crippen LogP) is 3.47. The number of hydrogen-bond donors (Lipinski definition) is 1. The van der Waals surface area contributed by atoms with Gasteiger partial charge in [0.1, 0.15) is 0 Å². The van der Waals surface area contributed by atoms with Crippen LogP contribution >= 0.6 is 0 Å². The van der Waals surface area contributed by atoms with E-state index in [9.17, 15) is 0 Å². The molecule has 0 aliphatic heterocycles. The maximum Gasteiger partial charge on any atom is 0.0590 e. The summed E-state index contributed by atoms with van der Waals surface area (Å²) in [5, 5.41) is 3.63. The maximum absolute atomic E-state index is 5.42. The summed E-state index contributed by atoms with van der Waals surface area (Å²) < 4.78 is 5.42. The summed E-state index contributed by atoms with van der Waals surface area (Å²) in [6.45, 7) is 4.49. The molecule has 0 saturated carbocycles. The van der Waals surface area contributed by atoms with Gasteiger partial charge in [-0.25, -0.2) is 0 Å². The molecule has 0 aliphatic carbocycles. The van der Waals surface area contributed by atoms with Crippen LogP contribution < -0.4 is 5.32 Å². The fourth-order valence-corrected chi connectivity index (χ4v) is 2.49. The summed E-state index contributed by atoms with van der Waals surface area (Å²) >= 11 is 0. The summed E-state index contributed by atoms with van der Waals surface area (Å²) in [4.78, 5) is 0. The van der Waals surface area contributed by atoms with Gasteiger partial charge in [-0.1, -0.05) is 60.7 Å². The molecule has 0 amide bonds. The third kappa shape index (κ3) is 6.11. The molecule has 0 aromatic heterocycles. The van der Waals surface area contributed by atoms with E-state index in [0.717, 1.165) is 32.6 Å². The first-order valence-electron chi connectivity index (χ1n) is 7.77. The lowest BCUT2D eigenvalue weighted by molar-refractivity contribution is 0.146. The van der Waals surface area contributed by atoms with E-state index < -0.39 is 0 Å². The summed E-state index contributed by atoms with van der Waals surface area (Å²) in [6.07, 6.45) is 2.09. The normalized spacial score (nSPS) is 11.0. The average Bonchev–Trinajstić information content (AvgIpc) is 2.53. The molecular weight excluding hydrogens is 258 g/mol. The molecule has 2 rings (SSSR count). The van der Waals surface area contributed by atoms with Crippen LogP contribution in [0, 0.1) is 0 Å². The summed E-state index contributed by atoms with van der Waals surface area (Å²) in [5.41, 5.74) is 2.75. The predicted molar refractivity (Wildman–Crippen MR) is 88.6 cm³/mol. The molecule has 2 aromatic carbocycles. The lowest BCUT2D eigenvalue weighted by Gasteiger charge is -2.19. The second kappa shape index (κ2) is 9.32. The Morgan fingerprint density at radius 1 is 0.857 bits per heavy atom. The van der Waals surface area contributed by atoms with Crippen molar-refractivity contribution < 1.29 is 4.74 Å². The van der Waals surface area contributed by atoms with Crippen molar-refractivity contribution in [3.05, 3.63) is 71.8 Å². The Balaban J connectivity index is 1.93. The average molecular weight is 283 g/mol. The van der Waals surface area contributed by atoms with Gasteiger partial charge in [-0.05, 0) is 30.9 Å². The van der Waals surface area contributed by atoms with Gasteiger partial charge in [-0.15, -0.1) is 0 Å². The Bertz CT molecular complexity index is 442. The highest BCUT2D eigenvalue weighted by molar-refractivity contribution is 5.19. The summed E-state index contributed by atoms with van der Waals surface area (Å²) in [7, 11) is 0. The molecule has 2 heteroatoms. The molecule has 0 unspecified atom stereocenters. The Hall–Kier alpha value is -1.64. The van der Waals surface area contributed by atoms with Crippen molar-refractivity contribution in [1.29, 1.82) is 0 Å². The molecule has 0 heterocycles. The monoisotopic (exact) mass is 283 g/mol. The van der Waals surface area contributed by atoms with Crippen LogP contribution in [-0.2, 0) is 17.6 Å². The van der Waals surface area contributed by atoms with E-state index in [1.54, 1.807) is 0 Å². The van der Waals surface area contributed by atoms with Gasteiger partial charge in [0.05, 0.1) is 6.61 Å². The minimum atomic E-state index is 0.440. The molecule has 1 N–H and O–H groups in total. The van der Waals surface area contributed by atoms with Crippen LogP contribution in [0.25, 0.3) is 0 Å². The lowest BCUT2D eigenvalue weighted by Crippen LogP contribution is -2.35. The molecule has 0 atom stereocenters. The van der Waals surface area contributed by atoms with E-state index in [4.69, 9.17) is 4.74 Å². The van der Waals surface area contributed by atoms with Crippen LogP contribution in [0.2, 0.25) is 0 Å². The molecule has 2 nitrogen and oxygen atoms in total. The number of benzene rings is 2. The number of ether oxygens (including phenoxy) is 1. The van der Waals surface area contributed by atoms with E-state index in [2.05, 4.69) is 66.0 Å². The van der Waals surface area contributed by atoms with Gasteiger partial charge in [-0.3, -0.25) is 0 Å². The molecule has 0 fully saturated rings. The number of rotatable bonds is 9. The largest absolute Gasteiger partial charge is 0.380 e. The first kappa shape index (κ1) is 15.7. The summed E-state index contributed by atoms with van der Waals surface area (Å²) in [5.74, 6) is 0. The topological polar surface area (TPSA) is 21.3 Å². The van der Waals surface area contributed by atoms with Gasteiger partial charge in [0.15, 0.2) is 0 Å². The zero-order valence-corrected chi connectivity index (χ0v) is 12.8. The van der Waals surface area contributed by atoms with E-state index >= 15 is 0 Å². The molecular formula is C19H25NO. The van der Waals surface area contributed by atoms with E-state index in [1.165, 1.54) is 11.1 Å². The van der Waals surface area contributed by atoms with Gasteiger partial charge in [-0.2, -0.15) is 0 Å². The maximum atomic E-state index is 5.42. The second-order valence-electron chi connectivity index (χ2n) is 5.23. The van der Waals surface area contributed by atoms with E-state index in [-0.39, 0.29) is 0 Å². The van der Waals surface area contributed by atoms with Crippen molar-refractivity contribution in [2.24, 2.45) is 0 Å². The molecule has 0 aliphatic rings. The van der Waals surface area contributed by atoms with Crippen LogP contribution in [0.5, 0.6) is 0 Å². The standard InChI is InChI=1S/C19H25NO/c1-2-21-14-13-20-19(15-17-9-5-3-6-10-17)16-18-11-7-4-8-12-18/h3-12,19-20H,2,13-16H2,1H3. The summed E-state index contributed by atoms with van der Waals surface area (Å²) in [6, 6.07) is 21.8. The minimum absolute atomic E-state index is 0.440. The Morgan fingerprint density at radius 3 is 1.86 bits per heavy atom. The van der Waals surface area contributed by atoms with Crippen LogP contribution in [-0.4, -0.2) is 25.8 Å². The van der Waals surface area contributed by atoms with Gasteiger partial charge in [0.25, 0.3) is 0 Å². The van der Waals surface area contributed by atoms with Crippen molar-refractivity contribution in [3.63, 3.8) is 0 Å². The van der Waals surface area contributed by atoms with Crippen molar-refractivity contribution in [2.75, 3.05) is 19.8 Å². The van der Waals surface area contributed by atoms with Gasteiger partial charge < -0.3 is 10.1 Å². The zero-order valence-electron chi connectivity index (χ0n) is 12.8. The van der Waals surface area contributed by atoms with Crippen molar-refractivity contribution in [2.45, 2.75) is 25.8 Å². The molecule has 0 radical (unpaired) electrons. The Labute approximate surface area is 128 Å². The zero-order chi connectivity index (χ0) is 14.8. The van der Waals surface area contributed by atoms with E-state index in [0.29, 0.717) is 6.04 Å². The SMILES string of the molecule is CCOCCNC(Cc1ccccc1)Cc1ccccc1. The third-order valence-corrected chi connectivity index (χ3v) is 3.53. The highest BCUT2D eigenvalue weighted by Gasteiger charge is 2.10. The fraction of sp³-hybridized carbons (Fsp3) is 0.368. The third-order valence-electron chi connectivity index (χ3n) is 3.53. The number of nitrogens with one attached hydrogen (secondary N) is 1. The molecule has 21 heavy (non-hydrogen) atoms. The van der Waals surface area contributed by atoms with Gasteiger partial charge in [0, 0.05) is 19.2 Å². The first-order chi connectivity index (χ1) is 10.4. The van der Waals surface area contributed by atoms with Crippen LogP contribution in [0.1, 0.15) is 18.1 Å². The second-order valence-corrected chi connectivity index (χ2v) is 5.23. The highest BCUT2D eigenvalue weighted by atomic mass is 16.5. The molecule has 0 spiro atoms. The van der Waals surface area contributed by atoms with E-state index in [1.807, 2.05) is 6.92 Å². The smallest absolute Gasteiger partial charge is 0.0590 e. The van der Waals surface area contributed by atoms with Crippen LogP contribution in [0.4, 0.5) is 0 Å². The minimum Gasteiger partial charge on any atom is -0.380 e. The first-order valence-corrected chi connectivity index (χ1v) is 7.77. The lowest BCUT2D eigenvalue weighted by atomic mass is 9.99. The van der Waals surface area contributed by atoms with Crippen molar-refractivity contribution in [1.82, 2.24) is 5.32 Å². The molecule has 0 saturated heterocycles. The molecule has 2 aromatic rings. The van der Waals surface area contributed by atoms with Gasteiger partial charge >= 0.3 is 0 Å². The molecule has 0 bridgehead atoms. The quantitative estimate of drug-likeness (QED) is 0.712. The van der Waals surface area contributed by atoms with Crippen molar-refractivity contribution in [3.8, 4) is 0 Å². The Kier molecular flexibility index (Phi) is 6.99. The van der Waals surface area contributed by atoms with Crippen LogP contribution in [0.3, 0.4) is 0 Å².